The van der Waals surface area contributed by atoms with Gasteiger partial charge in [-0.1, -0.05) is 17.3 Å². The lowest BCUT2D eigenvalue weighted by atomic mass is 10.1. The van der Waals surface area contributed by atoms with E-state index < -0.39 is 17.9 Å². The monoisotopic (exact) mass is 426 g/mol. The van der Waals surface area contributed by atoms with Gasteiger partial charge in [0.2, 0.25) is 11.7 Å². The van der Waals surface area contributed by atoms with Gasteiger partial charge in [0.1, 0.15) is 17.7 Å². The summed E-state index contributed by atoms with van der Waals surface area (Å²) < 4.78 is 32.1. The van der Waals surface area contributed by atoms with Crippen molar-refractivity contribution >= 4 is 17.6 Å². The molecule has 3 aromatic rings. The van der Waals surface area contributed by atoms with Gasteiger partial charge in [-0.25, -0.2) is 13.6 Å². The first kappa shape index (κ1) is 20.6. The number of benzene rings is 2. The van der Waals surface area contributed by atoms with E-state index in [2.05, 4.69) is 10.1 Å². The molecule has 1 atom stereocenters. The number of amides is 3. The molecule has 2 aromatic carbocycles. The summed E-state index contributed by atoms with van der Waals surface area (Å²) in [6.07, 6.45) is 0.773. The van der Waals surface area contributed by atoms with Crippen molar-refractivity contribution in [1.29, 1.82) is 0 Å². The summed E-state index contributed by atoms with van der Waals surface area (Å²) in [5, 5.41) is 3.87. The van der Waals surface area contributed by atoms with Crippen molar-refractivity contribution in [2.45, 2.75) is 32.7 Å². The maximum Gasteiger partial charge on any atom is 0.331 e. The van der Waals surface area contributed by atoms with Crippen molar-refractivity contribution in [3.63, 3.8) is 0 Å². The number of carbonyl (C=O) groups is 2. The topological polar surface area (TPSA) is 79.5 Å². The van der Waals surface area contributed by atoms with Gasteiger partial charge < -0.3 is 4.52 Å². The molecule has 3 amide bonds. The fourth-order valence-electron chi connectivity index (χ4n) is 3.46. The van der Waals surface area contributed by atoms with Crippen LogP contribution < -0.4 is 4.90 Å². The van der Waals surface area contributed by atoms with E-state index in [1.807, 2.05) is 0 Å². The molecule has 0 saturated carbocycles. The summed E-state index contributed by atoms with van der Waals surface area (Å²) in [6.45, 7) is 3.48. The highest BCUT2D eigenvalue weighted by Crippen LogP contribution is 2.26. The van der Waals surface area contributed by atoms with Crippen LogP contribution in [-0.4, -0.2) is 39.6 Å². The minimum atomic E-state index is -0.676. The number of halogens is 2. The molecule has 0 bridgehead atoms. The average molecular weight is 426 g/mol. The molecule has 31 heavy (non-hydrogen) atoms. The summed E-state index contributed by atoms with van der Waals surface area (Å²) in [6, 6.07) is 8.99. The lowest BCUT2D eigenvalue weighted by Crippen LogP contribution is -2.34. The lowest BCUT2D eigenvalue weighted by Gasteiger charge is -2.19. The van der Waals surface area contributed by atoms with Gasteiger partial charge in [0.25, 0.3) is 5.91 Å². The molecule has 1 aliphatic heterocycles. The van der Waals surface area contributed by atoms with Gasteiger partial charge in [0.05, 0.1) is 0 Å². The van der Waals surface area contributed by atoms with Crippen molar-refractivity contribution in [2.24, 2.45) is 0 Å². The van der Waals surface area contributed by atoms with Crippen LogP contribution in [0.5, 0.6) is 0 Å². The molecule has 9 heteroatoms. The number of aryl methyl sites for hydroxylation is 2. The summed E-state index contributed by atoms with van der Waals surface area (Å²) in [4.78, 5) is 32.1. The van der Waals surface area contributed by atoms with E-state index in [1.165, 1.54) is 40.1 Å². The zero-order valence-electron chi connectivity index (χ0n) is 17.0. The molecule has 1 aliphatic rings. The maximum absolute atomic E-state index is 13.7. The molecule has 0 radical (unpaired) electrons. The lowest BCUT2D eigenvalue weighted by molar-refractivity contribution is -0.126. The molecular weight excluding hydrogens is 406 g/mol. The third-order valence-corrected chi connectivity index (χ3v) is 5.22. The zero-order valence-corrected chi connectivity index (χ0v) is 17.0. The van der Waals surface area contributed by atoms with Crippen LogP contribution in [0.3, 0.4) is 0 Å². The summed E-state index contributed by atoms with van der Waals surface area (Å²) in [5.74, 6) is -0.485. The van der Waals surface area contributed by atoms with Gasteiger partial charge in [0, 0.05) is 24.2 Å². The Labute approximate surface area is 177 Å². The molecule has 1 aromatic heterocycles. The Morgan fingerprint density at radius 1 is 1.10 bits per heavy atom. The quantitative estimate of drug-likeness (QED) is 0.554. The highest BCUT2D eigenvalue weighted by molar-refractivity contribution is 6.14. The fourth-order valence-corrected chi connectivity index (χ4v) is 3.46. The third kappa shape index (κ3) is 4.03. The number of rotatable bonds is 6. The van der Waals surface area contributed by atoms with Gasteiger partial charge in [-0.05, 0) is 56.2 Å². The van der Waals surface area contributed by atoms with Gasteiger partial charge in [-0.15, -0.1) is 0 Å². The second-order valence-corrected chi connectivity index (χ2v) is 7.37. The Morgan fingerprint density at radius 2 is 1.84 bits per heavy atom. The van der Waals surface area contributed by atoms with Crippen molar-refractivity contribution in [3.05, 3.63) is 65.6 Å². The number of hydrogen-bond donors (Lipinski definition) is 0. The van der Waals surface area contributed by atoms with Crippen molar-refractivity contribution in [1.82, 2.24) is 15.0 Å². The molecular formula is C22H20F2N4O3. The fraction of sp³-hybridized carbons (Fsp3) is 0.273. The highest BCUT2D eigenvalue weighted by Gasteiger charge is 2.42. The first-order valence-electron chi connectivity index (χ1n) is 9.84. The largest absolute Gasteiger partial charge is 0.339 e. The minimum Gasteiger partial charge on any atom is -0.339 e. The molecule has 0 aliphatic carbocycles. The number of imide groups is 1. The standard InChI is InChI=1S/C22H20F2N4O3/c1-13-5-6-15(12-18(13)24)20-25-19(31-26-20)4-3-11-27-21(29)14(2)28(22(27)30)17-9-7-16(23)8-10-17/h5-10,12,14H,3-4,11H2,1-2H3. The Kier molecular flexibility index (Phi) is 5.50. The molecule has 1 saturated heterocycles. The van der Waals surface area contributed by atoms with Crippen molar-refractivity contribution < 1.29 is 22.9 Å². The summed E-state index contributed by atoms with van der Waals surface area (Å²) >= 11 is 0. The van der Waals surface area contributed by atoms with Crippen LogP contribution >= 0.6 is 0 Å². The summed E-state index contributed by atoms with van der Waals surface area (Å²) in [7, 11) is 0. The molecule has 7 nitrogen and oxygen atoms in total. The van der Waals surface area contributed by atoms with Gasteiger partial charge in [0.15, 0.2) is 0 Å². The Bertz CT molecular complexity index is 1130. The minimum absolute atomic E-state index is 0.177. The average Bonchev–Trinajstić information content (AvgIpc) is 3.30. The number of hydrogen-bond acceptors (Lipinski definition) is 5. The molecule has 0 N–H and O–H groups in total. The SMILES string of the molecule is Cc1ccc(-c2noc(CCCN3C(=O)C(C)N(c4ccc(F)cc4)C3=O)n2)cc1F. The second kappa shape index (κ2) is 8.25. The third-order valence-electron chi connectivity index (χ3n) is 5.22. The van der Waals surface area contributed by atoms with Crippen LogP contribution in [0.1, 0.15) is 24.8 Å². The van der Waals surface area contributed by atoms with E-state index in [0.29, 0.717) is 35.5 Å². The number of urea groups is 1. The first-order chi connectivity index (χ1) is 14.8. The number of anilines is 1. The van der Waals surface area contributed by atoms with Crippen LogP contribution in [0, 0.1) is 18.6 Å². The van der Waals surface area contributed by atoms with Crippen LogP contribution in [-0.2, 0) is 11.2 Å². The normalized spacial score (nSPS) is 16.5. The van der Waals surface area contributed by atoms with E-state index in [9.17, 15) is 18.4 Å². The van der Waals surface area contributed by atoms with E-state index >= 15 is 0 Å². The summed E-state index contributed by atoms with van der Waals surface area (Å²) in [5.41, 5.74) is 1.49. The van der Waals surface area contributed by atoms with Crippen LogP contribution in [0.25, 0.3) is 11.4 Å². The van der Waals surface area contributed by atoms with Crippen molar-refractivity contribution in [2.75, 3.05) is 11.4 Å². The molecule has 1 fully saturated rings. The highest BCUT2D eigenvalue weighted by atomic mass is 19.1. The molecule has 4 rings (SSSR count). The van der Waals surface area contributed by atoms with E-state index in [-0.39, 0.29) is 24.1 Å². The Hall–Kier alpha value is -3.62. The van der Waals surface area contributed by atoms with Gasteiger partial charge in [-0.2, -0.15) is 4.98 Å². The molecule has 2 heterocycles. The zero-order chi connectivity index (χ0) is 22.1. The first-order valence-corrected chi connectivity index (χ1v) is 9.84. The molecule has 160 valence electrons. The molecule has 0 spiro atoms. The maximum atomic E-state index is 13.7. The van der Waals surface area contributed by atoms with Gasteiger partial charge >= 0.3 is 6.03 Å². The number of carbonyl (C=O) groups excluding carboxylic acids is 2. The van der Waals surface area contributed by atoms with Crippen LogP contribution in [0.2, 0.25) is 0 Å². The van der Waals surface area contributed by atoms with E-state index in [1.54, 1.807) is 26.0 Å². The Balaban J connectivity index is 1.39. The van der Waals surface area contributed by atoms with Crippen molar-refractivity contribution in [3.8, 4) is 11.4 Å². The molecule has 1 unspecified atom stereocenters. The predicted octanol–water partition coefficient (Wildman–Crippen LogP) is 4.11. The number of nitrogens with zero attached hydrogens (tertiary/aromatic N) is 4. The van der Waals surface area contributed by atoms with E-state index in [4.69, 9.17) is 4.52 Å². The predicted molar refractivity (Wildman–Crippen MR) is 108 cm³/mol. The van der Waals surface area contributed by atoms with E-state index in [0.717, 1.165) is 0 Å². The van der Waals surface area contributed by atoms with Gasteiger partial charge in [-0.3, -0.25) is 14.6 Å². The van der Waals surface area contributed by atoms with Crippen LogP contribution in [0.4, 0.5) is 19.3 Å². The number of aromatic nitrogens is 2. The smallest absolute Gasteiger partial charge is 0.331 e. The Morgan fingerprint density at radius 3 is 2.55 bits per heavy atom. The second-order valence-electron chi connectivity index (χ2n) is 7.37. The van der Waals surface area contributed by atoms with Crippen LogP contribution in [0.15, 0.2) is 47.0 Å².